The average Bonchev–Trinajstić information content (AvgIpc) is 2.58. The summed E-state index contributed by atoms with van der Waals surface area (Å²) in [6.07, 6.45) is 0. The molecule has 0 fully saturated rings. The van der Waals surface area contributed by atoms with Crippen LogP contribution in [-0.2, 0) is 5.72 Å². The number of amides is 1. The summed E-state index contributed by atoms with van der Waals surface area (Å²) >= 11 is 0. The molecular weight excluding hydrogens is 274 g/mol. The van der Waals surface area contributed by atoms with Crippen molar-refractivity contribution in [3.8, 4) is 0 Å². The smallest absolute Gasteiger partial charge is 0.257 e. The van der Waals surface area contributed by atoms with Crippen molar-refractivity contribution in [3.63, 3.8) is 0 Å². The van der Waals surface area contributed by atoms with Crippen LogP contribution in [-0.4, -0.2) is 23.0 Å². The van der Waals surface area contributed by atoms with Crippen molar-refractivity contribution in [3.05, 3.63) is 83.4 Å². The first kappa shape index (κ1) is 13.0. The maximum Gasteiger partial charge on any atom is 0.257 e. The van der Waals surface area contributed by atoms with E-state index in [1.54, 1.807) is 7.05 Å². The van der Waals surface area contributed by atoms with Gasteiger partial charge in [0.15, 0.2) is 5.72 Å². The van der Waals surface area contributed by atoms with Crippen LogP contribution in [0.5, 0.6) is 0 Å². The quantitative estimate of drug-likeness (QED) is 0.747. The zero-order valence-corrected chi connectivity index (χ0v) is 12.2. The Morgan fingerprint density at radius 3 is 2.32 bits per heavy atom. The molecule has 0 aromatic heterocycles. The summed E-state index contributed by atoms with van der Waals surface area (Å²) in [6, 6.07) is 20.7. The van der Waals surface area contributed by atoms with E-state index in [1.807, 2.05) is 66.7 Å². The number of hydrogen-bond acceptors (Lipinski definition) is 2. The van der Waals surface area contributed by atoms with Crippen LogP contribution in [0, 0.1) is 0 Å². The van der Waals surface area contributed by atoms with Crippen LogP contribution in [0.1, 0.15) is 21.5 Å². The molecule has 1 heterocycles. The van der Waals surface area contributed by atoms with Gasteiger partial charge in [-0.15, -0.1) is 0 Å². The largest absolute Gasteiger partial charge is 0.363 e. The molecule has 1 unspecified atom stereocenters. The van der Waals surface area contributed by atoms with Gasteiger partial charge >= 0.3 is 0 Å². The molecule has 22 heavy (non-hydrogen) atoms. The van der Waals surface area contributed by atoms with E-state index >= 15 is 0 Å². The summed E-state index contributed by atoms with van der Waals surface area (Å²) in [4.78, 5) is 14.2. The second-order valence-electron chi connectivity index (χ2n) is 5.61. The lowest BCUT2D eigenvalue weighted by atomic mass is 9.83. The second-order valence-corrected chi connectivity index (χ2v) is 5.61. The predicted octanol–water partition coefficient (Wildman–Crippen LogP) is 3.12. The van der Waals surface area contributed by atoms with Crippen molar-refractivity contribution in [1.82, 2.24) is 4.90 Å². The Hall–Kier alpha value is -2.65. The van der Waals surface area contributed by atoms with Crippen LogP contribution in [0.2, 0.25) is 0 Å². The Morgan fingerprint density at radius 1 is 0.909 bits per heavy atom. The number of carbonyl (C=O) groups excluding carboxylic acids is 1. The zero-order chi connectivity index (χ0) is 15.3. The lowest BCUT2D eigenvalue weighted by Crippen LogP contribution is -2.50. The number of aliphatic hydroxyl groups is 1. The summed E-state index contributed by atoms with van der Waals surface area (Å²) in [7, 11) is 1.64. The normalized spacial score (nSPS) is 20.5. The van der Waals surface area contributed by atoms with Crippen LogP contribution in [0.25, 0.3) is 10.8 Å². The number of carbonyl (C=O) groups is 1. The zero-order valence-electron chi connectivity index (χ0n) is 12.2. The molecule has 1 amide bonds. The summed E-state index contributed by atoms with van der Waals surface area (Å²) in [5.41, 5.74) is 0.615. The van der Waals surface area contributed by atoms with Gasteiger partial charge in [0.2, 0.25) is 0 Å². The Labute approximate surface area is 128 Å². The summed E-state index contributed by atoms with van der Waals surface area (Å²) in [6.45, 7) is 0. The molecule has 108 valence electrons. The second kappa shape index (κ2) is 4.42. The Balaban J connectivity index is 2.14. The van der Waals surface area contributed by atoms with Gasteiger partial charge in [-0.05, 0) is 11.5 Å². The third kappa shape index (κ3) is 1.51. The first-order chi connectivity index (χ1) is 10.6. The van der Waals surface area contributed by atoms with Gasteiger partial charge in [0.1, 0.15) is 0 Å². The topological polar surface area (TPSA) is 40.5 Å². The Bertz CT molecular complexity index is 883. The van der Waals surface area contributed by atoms with Crippen LogP contribution in [0.4, 0.5) is 0 Å². The van der Waals surface area contributed by atoms with Crippen molar-refractivity contribution in [2.45, 2.75) is 5.72 Å². The van der Waals surface area contributed by atoms with Gasteiger partial charge < -0.3 is 10.0 Å². The van der Waals surface area contributed by atoms with E-state index in [-0.39, 0.29) is 5.91 Å². The molecule has 0 saturated carbocycles. The van der Waals surface area contributed by atoms with Gasteiger partial charge in [0, 0.05) is 29.1 Å². The minimum absolute atomic E-state index is 0.171. The maximum atomic E-state index is 12.8. The highest BCUT2D eigenvalue weighted by Crippen LogP contribution is 2.42. The first-order valence-corrected chi connectivity index (χ1v) is 7.22. The molecule has 0 saturated heterocycles. The van der Waals surface area contributed by atoms with Gasteiger partial charge in [0.05, 0.1) is 0 Å². The Morgan fingerprint density at radius 2 is 1.59 bits per heavy atom. The number of hydrogen-bond donors (Lipinski definition) is 1. The minimum Gasteiger partial charge on any atom is -0.363 e. The third-order valence-corrected chi connectivity index (χ3v) is 4.48. The van der Waals surface area contributed by atoms with Crippen LogP contribution >= 0.6 is 0 Å². The molecule has 1 N–H and O–H groups in total. The molecule has 0 aliphatic carbocycles. The van der Waals surface area contributed by atoms with Crippen molar-refractivity contribution in [2.24, 2.45) is 0 Å². The van der Waals surface area contributed by atoms with Gasteiger partial charge in [-0.25, -0.2) is 0 Å². The van der Waals surface area contributed by atoms with E-state index in [0.29, 0.717) is 11.1 Å². The van der Waals surface area contributed by atoms with Crippen LogP contribution in [0.15, 0.2) is 66.7 Å². The highest BCUT2D eigenvalue weighted by atomic mass is 16.3. The third-order valence-electron chi connectivity index (χ3n) is 4.48. The SMILES string of the molecule is CN1C(=O)c2cccc3cccc(c23)C1(O)c1ccccc1. The summed E-state index contributed by atoms with van der Waals surface area (Å²) in [5.74, 6) is -0.171. The van der Waals surface area contributed by atoms with Gasteiger partial charge in [0.25, 0.3) is 5.91 Å². The van der Waals surface area contributed by atoms with Crippen molar-refractivity contribution in [1.29, 1.82) is 0 Å². The average molecular weight is 289 g/mol. The highest BCUT2D eigenvalue weighted by molar-refractivity contribution is 6.11. The van der Waals surface area contributed by atoms with E-state index in [9.17, 15) is 9.90 Å². The predicted molar refractivity (Wildman–Crippen MR) is 85.5 cm³/mol. The molecule has 1 aliphatic heterocycles. The van der Waals surface area contributed by atoms with Crippen LogP contribution in [0.3, 0.4) is 0 Å². The molecule has 3 aromatic rings. The molecule has 0 radical (unpaired) electrons. The molecule has 0 spiro atoms. The molecule has 3 heteroatoms. The highest BCUT2D eigenvalue weighted by Gasteiger charge is 2.44. The fourth-order valence-corrected chi connectivity index (χ4v) is 3.34. The number of nitrogens with zero attached hydrogens (tertiary/aromatic N) is 1. The summed E-state index contributed by atoms with van der Waals surface area (Å²) in [5, 5.41) is 13.2. The van der Waals surface area contributed by atoms with Crippen molar-refractivity contribution >= 4 is 16.7 Å². The van der Waals surface area contributed by atoms with Crippen LogP contribution < -0.4 is 0 Å². The number of benzene rings is 3. The van der Waals surface area contributed by atoms with Gasteiger partial charge in [-0.3, -0.25) is 4.79 Å². The van der Waals surface area contributed by atoms with Gasteiger partial charge in [-0.2, -0.15) is 0 Å². The van der Waals surface area contributed by atoms with Crippen molar-refractivity contribution < 1.29 is 9.90 Å². The minimum atomic E-state index is -1.45. The molecule has 0 bridgehead atoms. The van der Waals surface area contributed by atoms with E-state index < -0.39 is 5.72 Å². The van der Waals surface area contributed by atoms with E-state index in [0.717, 1.165) is 16.3 Å². The molecule has 1 aliphatic rings. The number of rotatable bonds is 1. The molecule has 3 nitrogen and oxygen atoms in total. The van der Waals surface area contributed by atoms with E-state index in [1.165, 1.54) is 4.90 Å². The lowest BCUT2D eigenvalue weighted by molar-refractivity contribution is -0.0492. The molecular formula is C19H15NO2. The molecule has 3 aromatic carbocycles. The lowest BCUT2D eigenvalue weighted by Gasteiger charge is -2.42. The first-order valence-electron chi connectivity index (χ1n) is 7.22. The van der Waals surface area contributed by atoms with Gasteiger partial charge in [-0.1, -0.05) is 60.7 Å². The molecule has 4 rings (SSSR count). The Kier molecular flexibility index (Phi) is 2.62. The fraction of sp³-hybridized carbons (Fsp3) is 0.105. The standard InChI is InChI=1S/C19H15NO2/c1-20-18(21)15-11-5-7-13-8-6-12-16(17(13)15)19(20,22)14-9-3-2-4-10-14/h2-12,22H,1H3. The molecule has 1 atom stereocenters. The summed E-state index contributed by atoms with van der Waals surface area (Å²) < 4.78 is 0. The van der Waals surface area contributed by atoms with Crippen molar-refractivity contribution in [2.75, 3.05) is 7.05 Å². The monoisotopic (exact) mass is 289 g/mol. The van der Waals surface area contributed by atoms with E-state index in [4.69, 9.17) is 0 Å². The fourth-order valence-electron chi connectivity index (χ4n) is 3.34. The van der Waals surface area contributed by atoms with E-state index in [2.05, 4.69) is 0 Å². The maximum absolute atomic E-state index is 12.8.